The molecule has 0 aliphatic carbocycles. The van der Waals surface area contributed by atoms with Crippen molar-refractivity contribution < 1.29 is 9.59 Å². The largest absolute Gasteiger partial charge is 0.348 e. The van der Waals surface area contributed by atoms with Gasteiger partial charge in [-0.2, -0.15) is 0 Å². The van der Waals surface area contributed by atoms with Gasteiger partial charge in [-0.1, -0.05) is 48.0 Å². The highest BCUT2D eigenvalue weighted by Gasteiger charge is 2.07. The van der Waals surface area contributed by atoms with E-state index < -0.39 is 0 Å². The van der Waals surface area contributed by atoms with Crippen LogP contribution in [0.2, 0.25) is 10.0 Å². The Morgan fingerprint density at radius 2 is 1.71 bits per heavy atom. The van der Waals surface area contributed by atoms with E-state index >= 15 is 0 Å². The molecule has 0 bridgehead atoms. The van der Waals surface area contributed by atoms with Crippen molar-refractivity contribution in [3.8, 4) is 0 Å². The molecule has 0 radical (unpaired) electrons. The van der Waals surface area contributed by atoms with Crippen LogP contribution in [0.4, 0.5) is 0 Å². The molecule has 0 aromatic heterocycles. The standard InChI is InChI=1S/C18H16Cl2N2O2/c1-2-17(23)21-10-12-3-5-13(6-4-12)18(24)22-11-14-7-8-15(19)9-16(14)20/h2-9H,1,10-11H2,(H,21,23)(H,22,24). The zero-order valence-corrected chi connectivity index (χ0v) is 14.3. The van der Waals surface area contributed by atoms with E-state index in [2.05, 4.69) is 17.2 Å². The smallest absolute Gasteiger partial charge is 0.251 e. The van der Waals surface area contributed by atoms with Gasteiger partial charge < -0.3 is 10.6 Å². The molecule has 2 rings (SSSR count). The molecule has 0 unspecified atom stereocenters. The molecule has 2 aromatic rings. The normalized spacial score (nSPS) is 10.1. The van der Waals surface area contributed by atoms with Crippen LogP contribution in [0.15, 0.2) is 55.1 Å². The number of hydrogen-bond acceptors (Lipinski definition) is 2. The quantitative estimate of drug-likeness (QED) is 0.769. The second-order valence-corrected chi connectivity index (χ2v) is 5.88. The lowest BCUT2D eigenvalue weighted by Crippen LogP contribution is -2.23. The van der Waals surface area contributed by atoms with Crippen LogP contribution in [-0.2, 0) is 17.9 Å². The fourth-order valence-corrected chi connectivity index (χ4v) is 2.45. The molecule has 0 fully saturated rings. The third-order valence-electron chi connectivity index (χ3n) is 3.32. The number of rotatable bonds is 6. The molecule has 0 saturated carbocycles. The summed E-state index contributed by atoms with van der Waals surface area (Å²) in [6.07, 6.45) is 1.21. The summed E-state index contributed by atoms with van der Waals surface area (Å²) in [5, 5.41) is 6.54. The minimum atomic E-state index is -0.239. The highest BCUT2D eigenvalue weighted by atomic mass is 35.5. The topological polar surface area (TPSA) is 58.2 Å². The van der Waals surface area contributed by atoms with E-state index in [4.69, 9.17) is 23.2 Å². The zero-order valence-electron chi connectivity index (χ0n) is 12.8. The number of hydrogen-bond donors (Lipinski definition) is 2. The monoisotopic (exact) mass is 362 g/mol. The van der Waals surface area contributed by atoms with Crippen molar-refractivity contribution in [3.05, 3.63) is 81.9 Å². The van der Waals surface area contributed by atoms with Crippen LogP contribution in [0.1, 0.15) is 21.5 Å². The SMILES string of the molecule is C=CC(=O)NCc1ccc(C(=O)NCc2ccc(Cl)cc2Cl)cc1. The third kappa shape index (κ3) is 5.11. The van der Waals surface area contributed by atoms with Gasteiger partial charge in [0.2, 0.25) is 5.91 Å². The number of nitrogens with one attached hydrogen (secondary N) is 2. The van der Waals surface area contributed by atoms with Crippen molar-refractivity contribution in [2.75, 3.05) is 0 Å². The molecule has 2 amide bonds. The van der Waals surface area contributed by atoms with Crippen LogP contribution in [-0.4, -0.2) is 11.8 Å². The lowest BCUT2D eigenvalue weighted by molar-refractivity contribution is -0.116. The van der Waals surface area contributed by atoms with Gasteiger partial charge in [-0.25, -0.2) is 0 Å². The minimum Gasteiger partial charge on any atom is -0.348 e. The van der Waals surface area contributed by atoms with Crippen LogP contribution in [0.3, 0.4) is 0 Å². The van der Waals surface area contributed by atoms with E-state index in [1.165, 1.54) is 6.08 Å². The summed E-state index contributed by atoms with van der Waals surface area (Å²) < 4.78 is 0. The van der Waals surface area contributed by atoms with E-state index in [1.807, 2.05) is 0 Å². The van der Waals surface area contributed by atoms with Crippen molar-refractivity contribution in [2.45, 2.75) is 13.1 Å². The maximum Gasteiger partial charge on any atom is 0.251 e. The van der Waals surface area contributed by atoms with E-state index in [0.717, 1.165) is 11.1 Å². The average molecular weight is 363 g/mol. The first-order valence-electron chi connectivity index (χ1n) is 7.21. The summed E-state index contributed by atoms with van der Waals surface area (Å²) >= 11 is 11.9. The third-order valence-corrected chi connectivity index (χ3v) is 3.91. The second kappa shape index (κ2) is 8.52. The van der Waals surface area contributed by atoms with Gasteiger partial charge in [-0.15, -0.1) is 0 Å². The Morgan fingerprint density at radius 3 is 2.33 bits per heavy atom. The van der Waals surface area contributed by atoms with Gasteiger partial charge >= 0.3 is 0 Å². The zero-order chi connectivity index (χ0) is 17.5. The van der Waals surface area contributed by atoms with E-state index in [-0.39, 0.29) is 11.8 Å². The molecule has 2 N–H and O–H groups in total. The molecule has 0 atom stereocenters. The molecular weight excluding hydrogens is 347 g/mol. The molecule has 4 nitrogen and oxygen atoms in total. The van der Waals surface area contributed by atoms with Gasteiger partial charge in [0.25, 0.3) is 5.91 Å². The van der Waals surface area contributed by atoms with Crippen molar-refractivity contribution in [2.24, 2.45) is 0 Å². The van der Waals surface area contributed by atoms with Gasteiger partial charge in [0.1, 0.15) is 0 Å². The Kier molecular flexibility index (Phi) is 6.41. The second-order valence-electron chi connectivity index (χ2n) is 5.04. The molecule has 0 aliphatic rings. The summed E-state index contributed by atoms with van der Waals surface area (Å²) in [7, 11) is 0. The first kappa shape index (κ1) is 18.0. The van der Waals surface area contributed by atoms with Crippen LogP contribution < -0.4 is 10.6 Å². The fraction of sp³-hybridized carbons (Fsp3) is 0.111. The van der Waals surface area contributed by atoms with Crippen LogP contribution in [0.5, 0.6) is 0 Å². The Morgan fingerprint density at radius 1 is 1.00 bits per heavy atom. The molecule has 0 heterocycles. The maximum atomic E-state index is 12.2. The van der Waals surface area contributed by atoms with Gasteiger partial charge in [0, 0.05) is 28.7 Å². The molecule has 2 aromatic carbocycles. The van der Waals surface area contributed by atoms with E-state index in [9.17, 15) is 9.59 Å². The molecule has 124 valence electrons. The van der Waals surface area contributed by atoms with E-state index in [0.29, 0.717) is 28.7 Å². The van der Waals surface area contributed by atoms with Crippen LogP contribution in [0.25, 0.3) is 0 Å². The van der Waals surface area contributed by atoms with Crippen molar-refractivity contribution >= 4 is 35.0 Å². The highest BCUT2D eigenvalue weighted by Crippen LogP contribution is 2.20. The fourth-order valence-electron chi connectivity index (χ4n) is 1.98. The Bertz CT molecular complexity index is 758. The summed E-state index contributed by atoms with van der Waals surface area (Å²) in [6.45, 7) is 4.08. The summed E-state index contributed by atoms with van der Waals surface area (Å²) in [5.41, 5.74) is 2.21. The first-order valence-corrected chi connectivity index (χ1v) is 7.96. The lowest BCUT2D eigenvalue weighted by atomic mass is 10.1. The van der Waals surface area contributed by atoms with Gasteiger partial charge in [-0.3, -0.25) is 9.59 Å². The first-order chi connectivity index (χ1) is 11.5. The molecule has 0 aliphatic heterocycles. The Hall–Kier alpha value is -2.30. The lowest BCUT2D eigenvalue weighted by Gasteiger charge is -2.08. The van der Waals surface area contributed by atoms with Crippen molar-refractivity contribution in [1.29, 1.82) is 0 Å². The van der Waals surface area contributed by atoms with E-state index in [1.54, 1.807) is 42.5 Å². The highest BCUT2D eigenvalue weighted by molar-refractivity contribution is 6.35. The number of benzene rings is 2. The van der Waals surface area contributed by atoms with Gasteiger partial charge in [0.15, 0.2) is 0 Å². The molecule has 0 spiro atoms. The molecular formula is C18H16Cl2N2O2. The van der Waals surface area contributed by atoms with Crippen molar-refractivity contribution in [3.63, 3.8) is 0 Å². The van der Waals surface area contributed by atoms with Crippen LogP contribution >= 0.6 is 23.2 Å². The van der Waals surface area contributed by atoms with Gasteiger partial charge in [0.05, 0.1) is 0 Å². The predicted octanol–water partition coefficient (Wildman–Crippen LogP) is 3.73. The molecule has 6 heteroatoms. The average Bonchev–Trinajstić information content (AvgIpc) is 2.59. The maximum absolute atomic E-state index is 12.2. The summed E-state index contributed by atoms with van der Waals surface area (Å²) in [4.78, 5) is 23.3. The minimum absolute atomic E-state index is 0.206. The summed E-state index contributed by atoms with van der Waals surface area (Å²) in [5.74, 6) is -0.445. The number of amides is 2. The Labute approximate surface area is 150 Å². The van der Waals surface area contributed by atoms with Gasteiger partial charge in [-0.05, 0) is 41.5 Å². The molecule has 24 heavy (non-hydrogen) atoms. The summed E-state index contributed by atoms with van der Waals surface area (Å²) in [6, 6.07) is 12.1. The van der Waals surface area contributed by atoms with Crippen LogP contribution in [0, 0.1) is 0 Å². The number of halogens is 2. The number of carbonyl (C=O) groups excluding carboxylic acids is 2. The Balaban J connectivity index is 1.92. The number of carbonyl (C=O) groups is 2. The predicted molar refractivity (Wildman–Crippen MR) is 96.1 cm³/mol. The van der Waals surface area contributed by atoms with Crippen molar-refractivity contribution in [1.82, 2.24) is 10.6 Å². The molecule has 0 saturated heterocycles.